The predicted octanol–water partition coefficient (Wildman–Crippen LogP) is 1.26. The first kappa shape index (κ1) is 13.8. The highest BCUT2D eigenvalue weighted by molar-refractivity contribution is 5.77. The summed E-state index contributed by atoms with van der Waals surface area (Å²) in [7, 11) is 0. The molecule has 0 radical (unpaired) electrons. The second kappa shape index (κ2) is 6.52. The molecule has 1 fully saturated rings. The van der Waals surface area contributed by atoms with Crippen molar-refractivity contribution >= 4 is 11.6 Å². The molecule has 1 amide bonds. The van der Waals surface area contributed by atoms with Crippen LogP contribution in [0.5, 0.6) is 0 Å². The molecule has 1 aromatic carbocycles. The topological polar surface area (TPSA) is 44.4 Å². The van der Waals surface area contributed by atoms with Crippen LogP contribution in [0.2, 0.25) is 0 Å². The molecule has 1 aliphatic heterocycles. The number of anilines is 1. The lowest BCUT2D eigenvalue weighted by Gasteiger charge is -2.25. The average Bonchev–Trinajstić information content (AvgIpc) is 2.61. The average molecular weight is 265 g/mol. The smallest absolute Gasteiger partial charge is 0.221 e. The molecule has 0 bridgehead atoms. The van der Waals surface area contributed by atoms with E-state index < -0.39 is 0 Å². The van der Waals surface area contributed by atoms with Crippen LogP contribution < -0.4 is 15.5 Å². The van der Waals surface area contributed by atoms with Gasteiger partial charge < -0.3 is 15.5 Å². The molecule has 1 aromatic rings. The standard InChI is InChI=1S/C14H20FN3O/c1-2-16-10-11-9-12(15)3-4-13(11)18-7-5-14(19)17-6-8-18/h3-4,9,16H,2,5-8,10H2,1H3,(H,17,19). The zero-order valence-corrected chi connectivity index (χ0v) is 11.2. The second-order valence-corrected chi connectivity index (χ2v) is 4.64. The van der Waals surface area contributed by atoms with Gasteiger partial charge in [0.05, 0.1) is 0 Å². The maximum absolute atomic E-state index is 13.4. The molecule has 5 heteroatoms. The molecule has 0 unspecified atom stereocenters. The fraction of sp³-hybridized carbons (Fsp3) is 0.500. The number of halogens is 1. The SMILES string of the molecule is CCNCc1cc(F)ccc1N1CCNC(=O)CC1. The number of carbonyl (C=O) groups is 1. The van der Waals surface area contributed by atoms with E-state index >= 15 is 0 Å². The van der Waals surface area contributed by atoms with E-state index in [4.69, 9.17) is 0 Å². The zero-order chi connectivity index (χ0) is 13.7. The lowest BCUT2D eigenvalue weighted by molar-refractivity contribution is -0.120. The van der Waals surface area contributed by atoms with Crippen LogP contribution in [0.15, 0.2) is 18.2 Å². The van der Waals surface area contributed by atoms with Crippen LogP contribution in [0.1, 0.15) is 18.9 Å². The molecule has 0 aromatic heterocycles. The summed E-state index contributed by atoms with van der Waals surface area (Å²) >= 11 is 0. The Hall–Kier alpha value is -1.62. The Morgan fingerprint density at radius 1 is 1.42 bits per heavy atom. The number of benzene rings is 1. The second-order valence-electron chi connectivity index (χ2n) is 4.64. The van der Waals surface area contributed by atoms with Crippen LogP contribution in [0.25, 0.3) is 0 Å². The van der Waals surface area contributed by atoms with Crippen LogP contribution in [0, 0.1) is 5.82 Å². The van der Waals surface area contributed by atoms with Crippen molar-refractivity contribution in [1.29, 1.82) is 0 Å². The molecule has 104 valence electrons. The van der Waals surface area contributed by atoms with Crippen molar-refractivity contribution in [1.82, 2.24) is 10.6 Å². The minimum Gasteiger partial charge on any atom is -0.369 e. The van der Waals surface area contributed by atoms with Crippen LogP contribution >= 0.6 is 0 Å². The van der Waals surface area contributed by atoms with Gasteiger partial charge >= 0.3 is 0 Å². The molecule has 2 N–H and O–H groups in total. The third-order valence-corrected chi connectivity index (χ3v) is 3.26. The lowest BCUT2D eigenvalue weighted by Crippen LogP contribution is -2.29. The summed E-state index contributed by atoms with van der Waals surface area (Å²) in [6, 6.07) is 4.85. The molecule has 1 aliphatic rings. The normalized spacial score (nSPS) is 16.1. The van der Waals surface area contributed by atoms with E-state index in [-0.39, 0.29) is 11.7 Å². The predicted molar refractivity (Wildman–Crippen MR) is 73.6 cm³/mol. The van der Waals surface area contributed by atoms with Gasteiger partial charge in [-0.2, -0.15) is 0 Å². The van der Waals surface area contributed by atoms with E-state index in [1.807, 2.05) is 6.92 Å². The highest BCUT2D eigenvalue weighted by Gasteiger charge is 2.16. The molecule has 0 spiro atoms. The summed E-state index contributed by atoms with van der Waals surface area (Å²) in [6.07, 6.45) is 0.484. The number of carbonyl (C=O) groups excluding carboxylic acids is 1. The zero-order valence-electron chi connectivity index (χ0n) is 11.2. The largest absolute Gasteiger partial charge is 0.369 e. The van der Waals surface area contributed by atoms with Crippen LogP contribution in [0.3, 0.4) is 0 Å². The van der Waals surface area contributed by atoms with E-state index in [0.29, 0.717) is 26.1 Å². The quantitative estimate of drug-likeness (QED) is 0.861. The molecule has 0 aliphatic carbocycles. The first-order chi connectivity index (χ1) is 9.20. The summed E-state index contributed by atoms with van der Waals surface area (Å²) in [4.78, 5) is 13.5. The first-order valence-corrected chi connectivity index (χ1v) is 6.71. The minimum atomic E-state index is -0.222. The van der Waals surface area contributed by atoms with E-state index in [0.717, 1.165) is 24.3 Å². The summed E-state index contributed by atoms with van der Waals surface area (Å²) < 4.78 is 13.4. The van der Waals surface area contributed by atoms with E-state index in [1.165, 1.54) is 6.07 Å². The fourth-order valence-corrected chi connectivity index (χ4v) is 2.27. The molecular formula is C14H20FN3O. The molecule has 1 saturated heterocycles. The third kappa shape index (κ3) is 3.67. The minimum absolute atomic E-state index is 0.0813. The summed E-state index contributed by atoms with van der Waals surface area (Å²) in [5.74, 6) is -0.140. The van der Waals surface area contributed by atoms with E-state index in [2.05, 4.69) is 15.5 Å². The lowest BCUT2D eigenvalue weighted by atomic mass is 10.1. The van der Waals surface area contributed by atoms with Gasteiger partial charge in [0, 0.05) is 38.3 Å². The molecule has 19 heavy (non-hydrogen) atoms. The summed E-state index contributed by atoms with van der Waals surface area (Å²) in [5.41, 5.74) is 1.95. The molecule has 1 heterocycles. The van der Waals surface area contributed by atoms with Crippen molar-refractivity contribution in [2.24, 2.45) is 0 Å². The van der Waals surface area contributed by atoms with Gasteiger partial charge in [-0.15, -0.1) is 0 Å². The molecule has 4 nitrogen and oxygen atoms in total. The number of nitrogens with zero attached hydrogens (tertiary/aromatic N) is 1. The van der Waals surface area contributed by atoms with Gasteiger partial charge in [-0.1, -0.05) is 6.92 Å². The Bertz CT molecular complexity index is 450. The van der Waals surface area contributed by atoms with Gasteiger partial charge in [0.25, 0.3) is 0 Å². The fourth-order valence-electron chi connectivity index (χ4n) is 2.27. The van der Waals surface area contributed by atoms with Crippen LogP contribution in [-0.2, 0) is 11.3 Å². The van der Waals surface area contributed by atoms with Crippen LogP contribution in [0.4, 0.5) is 10.1 Å². The monoisotopic (exact) mass is 265 g/mol. The summed E-state index contributed by atoms with van der Waals surface area (Å²) in [5, 5.41) is 6.07. The maximum atomic E-state index is 13.4. The highest BCUT2D eigenvalue weighted by Crippen LogP contribution is 2.22. The Morgan fingerprint density at radius 2 is 2.26 bits per heavy atom. The molecular weight excluding hydrogens is 245 g/mol. The number of rotatable bonds is 4. The van der Waals surface area contributed by atoms with Crippen molar-refractivity contribution in [2.75, 3.05) is 31.1 Å². The van der Waals surface area contributed by atoms with Crippen molar-refractivity contribution < 1.29 is 9.18 Å². The van der Waals surface area contributed by atoms with Gasteiger partial charge in [0.15, 0.2) is 0 Å². The number of hydrogen-bond donors (Lipinski definition) is 2. The van der Waals surface area contributed by atoms with Crippen LogP contribution in [-0.4, -0.2) is 32.1 Å². The Kier molecular flexibility index (Phi) is 4.74. The van der Waals surface area contributed by atoms with Crippen molar-refractivity contribution in [2.45, 2.75) is 19.9 Å². The van der Waals surface area contributed by atoms with E-state index in [1.54, 1.807) is 12.1 Å². The Morgan fingerprint density at radius 3 is 3.05 bits per heavy atom. The number of nitrogens with one attached hydrogen (secondary N) is 2. The first-order valence-electron chi connectivity index (χ1n) is 6.71. The maximum Gasteiger partial charge on any atom is 0.221 e. The Balaban J connectivity index is 2.19. The third-order valence-electron chi connectivity index (χ3n) is 3.26. The number of hydrogen-bond acceptors (Lipinski definition) is 3. The highest BCUT2D eigenvalue weighted by atomic mass is 19.1. The van der Waals surface area contributed by atoms with Crippen molar-refractivity contribution in [3.05, 3.63) is 29.6 Å². The van der Waals surface area contributed by atoms with Crippen molar-refractivity contribution in [3.63, 3.8) is 0 Å². The van der Waals surface area contributed by atoms with E-state index in [9.17, 15) is 9.18 Å². The van der Waals surface area contributed by atoms with Crippen molar-refractivity contribution in [3.8, 4) is 0 Å². The van der Waals surface area contributed by atoms with Gasteiger partial charge in [-0.3, -0.25) is 4.79 Å². The van der Waals surface area contributed by atoms with Gasteiger partial charge in [-0.25, -0.2) is 4.39 Å². The van der Waals surface area contributed by atoms with Gasteiger partial charge in [0.2, 0.25) is 5.91 Å². The van der Waals surface area contributed by atoms with Gasteiger partial charge in [0.1, 0.15) is 5.82 Å². The van der Waals surface area contributed by atoms with Gasteiger partial charge in [-0.05, 0) is 30.3 Å². The number of amides is 1. The molecule has 2 rings (SSSR count). The molecule has 0 saturated carbocycles. The Labute approximate surface area is 113 Å². The molecule has 0 atom stereocenters. The summed E-state index contributed by atoms with van der Waals surface area (Å²) in [6.45, 7) is 5.58.